The molecule has 1 heterocycles. The van der Waals surface area contributed by atoms with E-state index in [0.29, 0.717) is 48.8 Å². The van der Waals surface area contributed by atoms with Crippen molar-refractivity contribution in [3.8, 4) is 0 Å². The number of unbranched alkanes of at least 4 members (excludes halogenated alkanes) is 3. The zero-order valence-electron chi connectivity index (χ0n) is 19.9. The molecule has 0 radical (unpaired) electrons. The van der Waals surface area contributed by atoms with E-state index in [9.17, 15) is 9.59 Å². The fourth-order valence-electron chi connectivity index (χ4n) is 3.82. The molecule has 0 N–H and O–H groups in total. The maximum absolute atomic E-state index is 13.2. The van der Waals surface area contributed by atoms with Gasteiger partial charge in [-0.05, 0) is 37.8 Å². The van der Waals surface area contributed by atoms with Crippen molar-refractivity contribution in [2.45, 2.75) is 78.8 Å². The third-order valence-electron chi connectivity index (χ3n) is 5.76. The third kappa shape index (κ3) is 6.89. The number of carbonyl (C=O) groups is 1. The van der Waals surface area contributed by atoms with E-state index < -0.39 is 0 Å². The summed E-state index contributed by atoms with van der Waals surface area (Å²) in [5.41, 5.74) is 0.589. The van der Waals surface area contributed by atoms with E-state index in [-0.39, 0.29) is 17.5 Å². The summed E-state index contributed by atoms with van der Waals surface area (Å²) in [7, 11) is 1.62. The Morgan fingerprint density at radius 2 is 1.90 bits per heavy atom. The van der Waals surface area contributed by atoms with Crippen molar-refractivity contribution in [3.63, 3.8) is 0 Å². The first-order chi connectivity index (χ1) is 14.9. The number of benzene rings is 1. The summed E-state index contributed by atoms with van der Waals surface area (Å²) in [6.45, 7) is 9.98. The Balaban J connectivity index is 2.41. The van der Waals surface area contributed by atoms with Gasteiger partial charge in [0.2, 0.25) is 5.91 Å². The fraction of sp³-hybridized carbons (Fsp3) is 0.640. The zero-order chi connectivity index (χ0) is 22.8. The largest absolute Gasteiger partial charge is 0.383 e. The van der Waals surface area contributed by atoms with E-state index >= 15 is 0 Å². The first kappa shape index (κ1) is 25.1. The summed E-state index contributed by atoms with van der Waals surface area (Å²) in [5, 5.41) is 0.592. The van der Waals surface area contributed by atoms with Crippen LogP contribution in [0.15, 0.2) is 29.1 Å². The monoisotopic (exact) mass is 429 g/mol. The van der Waals surface area contributed by atoms with Crippen molar-refractivity contribution >= 4 is 16.8 Å². The van der Waals surface area contributed by atoms with Gasteiger partial charge >= 0.3 is 0 Å². The Hall–Kier alpha value is -2.21. The van der Waals surface area contributed by atoms with Gasteiger partial charge in [0, 0.05) is 20.1 Å². The number of hydrogen-bond donors (Lipinski definition) is 0. The lowest BCUT2D eigenvalue weighted by Gasteiger charge is -2.31. The molecule has 1 atom stereocenters. The molecule has 172 valence electrons. The van der Waals surface area contributed by atoms with Gasteiger partial charge in [0.15, 0.2) is 0 Å². The molecule has 0 saturated heterocycles. The van der Waals surface area contributed by atoms with Crippen LogP contribution in [0, 0.1) is 5.92 Å². The summed E-state index contributed by atoms with van der Waals surface area (Å²) >= 11 is 0. The zero-order valence-corrected chi connectivity index (χ0v) is 19.9. The van der Waals surface area contributed by atoms with Crippen molar-refractivity contribution in [3.05, 3.63) is 40.4 Å². The molecular weight excluding hydrogens is 390 g/mol. The molecule has 0 aliphatic rings. The van der Waals surface area contributed by atoms with Gasteiger partial charge in [-0.2, -0.15) is 0 Å². The second-order valence-corrected chi connectivity index (χ2v) is 8.69. The second kappa shape index (κ2) is 12.6. The van der Waals surface area contributed by atoms with Crippen LogP contribution in [0.25, 0.3) is 10.9 Å². The minimum Gasteiger partial charge on any atom is -0.383 e. The number of aromatic nitrogens is 2. The Morgan fingerprint density at radius 1 is 1.16 bits per heavy atom. The summed E-state index contributed by atoms with van der Waals surface area (Å²) in [6.07, 6.45) is 5.73. The molecule has 1 amide bonds. The number of amides is 1. The van der Waals surface area contributed by atoms with E-state index in [1.165, 1.54) is 0 Å². The van der Waals surface area contributed by atoms with Crippen LogP contribution in [-0.2, 0) is 16.1 Å². The lowest BCUT2D eigenvalue weighted by atomic mass is 10.1. The van der Waals surface area contributed by atoms with Gasteiger partial charge in [-0.15, -0.1) is 0 Å². The minimum atomic E-state index is -0.286. The molecule has 31 heavy (non-hydrogen) atoms. The summed E-state index contributed by atoms with van der Waals surface area (Å²) in [4.78, 5) is 33.2. The van der Waals surface area contributed by atoms with Crippen molar-refractivity contribution in [1.29, 1.82) is 0 Å². The molecule has 6 heteroatoms. The first-order valence-electron chi connectivity index (χ1n) is 11.7. The molecule has 0 aliphatic heterocycles. The first-order valence-corrected chi connectivity index (χ1v) is 11.7. The number of rotatable bonds is 13. The second-order valence-electron chi connectivity index (χ2n) is 8.69. The molecular formula is C25H39N3O3. The number of para-hydroxylation sites is 1. The Kier molecular flexibility index (Phi) is 10.2. The van der Waals surface area contributed by atoms with Crippen LogP contribution in [0.4, 0.5) is 0 Å². The number of hydrogen-bond acceptors (Lipinski definition) is 4. The van der Waals surface area contributed by atoms with Crippen LogP contribution in [0.3, 0.4) is 0 Å². The topological polar surface area (TPSA) is 64.4 Å². The molecule has 6 nitrogen and oxygen atoms in total. The molecule has 0 saturated carbocycles. The van der Waals surface area contributed by atoms with E-state index in [1.54, 1.807) is 17.7 Å². The van der Waals surface area contributed by atoms with Crippen LogP contribution in [0.2, 0.25) is 0 Å². The van der Waals surface area contributed by atoms with Crippen molar-refractivity contribution in [2.24, 2.45) is 5.92 Å². The van der Waals surface area contributed by atoms with Crippen molar-refractivity contribution in [2.75, 3.05) is 20.3 Å². The molecule has 1 unspecified atom stereocenters. The average molecular weight is 430 g/mol. The van der Waals surface area contributed by atoms with Crippen LogP contribution >= 0.6 is 0 Å². The average Bonchev–Trinajstić information content (AvgIpc) is 2.75. The van der Waals surface area contributed by atoms with Crippen LogP contribution in [0.1, 0.15) is 78.1 Å². The molecule has 2 rings (SSSR count). The van der Waals surface area contributed by atoms with E-state index in [1.807, 2.05) is 30.0 Å². The van der Waals surface area contributed by atoms with Crippen LogP contribution in [-0.4, -0.2) is 40.6 Å². The molecule has 2 aromatic rings. The smallest absolute Gasteiger partial charge is 0.261 e. The van der Waals surface area contributed by atoms with Gasteiger partial charge in [0.1, 0.15) is 5.82 Å². The molecule has 1 aromatic carbocycles. The highest BCUT2D eigenvalue weighted by molar-refractivity contribution is 5.78. The van der Waals surface area contributed by atoms with Gasteiger partial charge < -0.3 is 9.64 Å². The maximum Gasteiger partial charge on any atom is 0.261 e. The summed E-state index contributed by atoms with van der Waals surface area (Å²) in [5.74, 6) is 1.26. The molecule has 0 bridgehead atoms. The summed E-state index contributed by atoms with van der Waals surface area (Å²) in [6, 6.07) is 7.12. The summed E-state index contributed by atoms with van der Waals surface area (Å²) < 4.78 is 6.93. The number of fused-ring (bicyclic) bond motifs is 1. The molecule has 0 aliphatic carbocycles. The molecule has 1 aromatic heterocycles. The van der Waals surface area contributed by atoms with Gasteiger partial charge in [-0.1, -0.05) is 52.2 Å². The number of carbonyl (C=O) groups excluding carboxylic acids is 1. The van der Waals surface area contributed by atoms with Crippen molar-refractivity contribution < 1.29 is 9.53 Å². The maximum atomic E-state index is 13.2. The number of nitrogens with zero attached hydrogens (tertiary/aromatic N) is 3. The van der Waals surface area contributed by atoms with Gasteiger partial charge in [-0.25, -0.2) is 4.98 Å². The van der Waals surface area contributed by atoms with E-state index in [4.69, 9.17) is 9.72 Å². The minimum absolute atomic E-state index is 0.0799. The highest BCUT2D eigenvalue weighted by Crippen LogP contribution is 2.23. The fourth-order valence-corrected chi connectivity index (χ4v) is 3.82. The van der Waals surface area contributed by atoms with Crippen LogP contribution in [0.5, 0.6) is 0 Å². The highest BCUT2D eigenvalue weighted by Gasteiger charge is 2.26. The quantitative estimate of drug-likeness (QED) is 0.423. The predicted octanol–water partition coefficient (Wildman–Crippen LogP) is 4.95. The predicted molar refractivity (Wildman–Crippen MR) is 126 cm³/mol. The number of methoxy groups -OCH3 is 1. The van der Waals surface area contributed by atoms with Gasteiger partial charge in [0.25, 0.3) is 5.56 Å². The van der Waals surface area contributed by atoms with E-state index in [2.05, 4.69) is 20.8 Å². The highest BCUT2D eigenvalue weighted by atomic mass is 16.5. The standard InChI is InChI=1S/C25H39N3O3/c1-6-7-8-9-14-23(29)27(16-15-19(2)3)20(4)24-26-22-13-11-10-12-21(22)25(30)28(24)17-18-31-5/h10-13,19-20H,6-9,14-18H2,1-5H3. The Labute approximate surface area is 186 Å². The lowest BCUT2D eigenvalue weighted by molar-refractivity contribution is -0.134. The SMILES string of the molecule is CCCCCCC(=O)N(CCC(C)C)C(C)c1nc2ccccc2c(=O)n1CCOC. The third-order valence-corrected chi connectivity index (χ3v) is 5.76. The van der Waals surface area contributed by atoms with Gasteiger partial charge in [-0.3, -0.25) is 14.2 Å². The Morgan fingerprint density at radius 3 is 2.58 bits per heavy atom. The Bertz CT molecular complexity index is 891. The normalized spacial score (nSPS) is 12.5. The number of ether oxygens (including phenoxy) is 1. The van der Waals surface area contributed by atoms with E-state index in [0.717, 1.165) is 32.1 Å². The molecule has 0 spiro atoms. The van der Waals surface area contributed by atoms with Gasteiger partial charge in [0.05, 0.1) is 30.1 Å². The van der Waals surface area contributed by atoms with Crippen LogP contribution < -0.4 is 5.56 Å². The lowest BCUT2D eigenvalue weighted by Crippen LogP contribution is -2.39. The molecule has 0 fully saturated rings. The van der Waals surface area contributed by atoms with Crippen molar-refractivity contribution in [1.82, 2.24) is 14.5 Å².